The number of rotatable bonds is 5. The van der Waals surface area contributed by atoms with E-state index in [-0.39, 0.29) is 11.3 Å². The van der Waals surface area contributed by atoms with E-state index in [0.717, 1.165) is 0 Å². The maximum absolute atomic E-state index is 12.4. The zero-order valence-corrected chi connectivity index (χ0v) is 11.8. The van der Waals surface area contributed by atoms with Crippen LogP contribution in [0.25, 0.3) is 0 Å². The Bertz CT molecular complexity index is 578. The fourth-order valence-corrected chi connectivity index (χ4v) is 3.53. The number of aryl methyl sites for hydroxylation is 1. The van der Waals surface area contributed by atoms with Crippen molar-refractivity contribution in [2.75, 3.05) is 26.3 Å². The number of hydrogen-bond acceptors (Lipinski definition) is 4. The Morgan fingerprint density at radius 2 is 2.00 bits per heavy atom. The summed E-state index contributed by atoms with van der Waals surface area (Å²) in [5, 5.41) is 8.67. The van der Waals surface area contributed by atoms with E-state index in [0.29, 0.717) is 38.3 Å². The van der Waals surface area contributed by atoms with E-state index in [9.17, 15) is 13.2 Å². The number of nitrogens with zero attached hydrogens (tertiary/aromatic N) is 1. The molecule has 110 valence electrons. The number of ether oxygens (including phenoxy) is 1. The number of carboxylic acid groups (broad SMARTS) is 1. The normalized spacial score (nSPS) is 17.0. The highest BCUT2D eigenvalue weighted by Gasteiger charge is 2.26. The molecule has 0 spiro atoms. The minimum atomic E-state index is -3.52. The van der Waals surface area contributed by atoms with Crippen LogP contribution in [0.5, 0.6) is 0 Å². The van der Waals surface area contributed by atoms with Crippen LogP contribution in [-0.2, 0) is 26.0 Å². The number of sulfonamides is 1. The molecule has 0 unspecified atom stereocenters. The molecule has 6 nitrogen and oxygen atoms in total. The van der Waals surface area contributed by atoms with Gasteiger partial charge >= 0.3 is 5.97 Å². The van der Waals surface area contributed by atoms with E-state index in [4.69, 9.17) is 9.84 Å². The molecule has 0 aromatic heterocycles. The molecule has 1 saturated heterocycles. The highest BCUT2D eigenvalue weighted by atomic mass is 32.2. The zero-order chi connectivity index (χ0) is 14.6. The average molecular weight is 299 g/mol. The van der Waals surface area contributed by atoms with Crippen LogP contribution >= 0.6 is 0 Å². The van der Waals surface area contributed by atoms with Gasteiger partial charge in [-0.25, -0.2) is 8.42 Å². The number of carbonyl (C=O) groups is 1. The lowest BCUT2D eigenvalue weighted by Crippen LogP contribution is -2.40. The van der Waals surface area contributed by atoms with Crippen molar-refractivity contribution in [3.05, 3.63) is 29.8 Å². The Morgan fingerprint density at radius 1 is 1.30 bits per heavy atom. The van der Waals surface area contributed by atoms with Crippen LogP contribution in [-0.4, -0.2) is 50.1 Å². The molecular formula is C13H17NO5S. The van der Waals surface area contributed by atoms with Gasteiger partial charge in [-0.1, -0.05) is 12.1 Å². The van der Waals surface area contributed by atoms with Crippen molar-refractivity contribution in [1.29, 1.82) is 0 Å². The highest BCUT2D eigenvalue weighted by molar-refractivity contribution is 7.89. The summed E-state index contributed by atoms with van der Waals surface area (Å²) >= 11 is 0. The van der Waals surface area contributed by atoms with E-state index >= 15 is 0 Å². The number of morpholine rings is 1. The van der Waals surface area contributed by atoms with Crippen LogP contribution < -0.4 is 0 Å². The largest absolute Gasteiger partial charge is 0.481 e. The molecular weight excluding hydrogens is 282 g/mol. The fourth-order valence-electron chi connectivity index (χ4n) is 2.05. The summed E-state index contributed by atoms with van der Waals surface area (Å²) in [6, 6.07) is 6.47. The highest BCUT2D eigenvalue weighted by Crippen LogP contribution is 2.19. The van der Waals surface area contributed by atoms with Gasteiger partial charge in [0.25, 0.3) is 0 Å². The average Bonchev–Trinajstić information content (AvgIpc) is 2.46. The topological polar surface area (TPSA) is 83.9 Å². The first-order chi connectivity index (χ1) is 9.50. The molecule has 2 rings (SSSR count). The van der Waals surface area contributed by atoms with E-state index in [1.54, 1.807) is 18.2 Å². The number of hydrogen-bond donors (Lipinski definition) is 1. The van der Waals surface area contributed by atoms with Gasteiger partial charge in [0.1, 0.15) is 0 Å². The van der Waals surface area contributed by atoms with Crippen molar-refractivity contribution in [3.8, 4) is 0 Å². The summed E-state index contributed by atoms with van der Waals surface area (Å²) in [6.07, 6.45) is 0.308. The van der Waals surface area contributed by atoms with Gasteiger partial charge in [0.05, 0.1) is 18.1 Å². The standard InChI is InChI=1S/C13H17NO5S/c15-13(16)5-4-11-2-1-3-12(10-11)20(17,18)14-6-8-19-9-7-14/h1-3,10H,4-9H2,(H,15,16). The molecule has 7 heteroatoms. The SMILES string of the molecule is O=C(O)CCc1cccc(S(=O)(=O)N2CCOCC2)c1. The molecule has 0 amide bonds. The Morgan fingerprint density at radius 3 is 2.65 bits per heavy atom. The van der Waals surface area contributed by atoms with Crippen molar-refractivity contribution < 1.29 is 23.1 Å². The monoisotopic (exact) mass is 299 g/mol. The lowest BCUT2D eigenvalue weighted by molar-refractivity contribution is -0.136. The van der Waals surface area contributed by atoms with E-state index in [1.165, 1.54) is 10.4 Å². The van der Waals surface area contributed by atoms with Crippen LogP contribution in [0.2, 0.25) is 0 Å². The lowest BCUT2D eigenvalue weighted by Gasteiger charge is -2.26. The van der Waals surface area contributed by atoms with Crippen LogP contribution in [0.3, 0.4) is 0 Å². The summed E-state index contributed by atoms with van der Waals surface area (Å²) in [7, 11) is -3.52. The van der Waals surface area contributed by atoms with Gasteiger partial charge in [-0.2, -0.15) is 4.31 Å². The van der Waals surface area contributed by atoms with Crippen molar-refractivity contribution in [2.45, 2.75) is 17.7 Å². The van der Waals surface area contributed by atoms with Gasteiger partial charge in [0, 0.05) is 19.5 Å². The third-order valence-corrected chi connectivity index (χ3v) is 5.03. The van der Waals surface area contributed by atoms with Gasteiger partial charge in [-0.3, -0.25) is 4.79 Å². The number of benzene rings is 1. The van der Waals surface area contributed by atoms with E-state index in [2.05, 4.69) is 0 Å². The Kier molecular flexibility index (Phi) is 4.74. The minimum Gasteiger partial charge on any atom is -0.481 e. The molecule has 0 radical (unpaired) electrons. The van der Waals surface area contributed by atoms with Crippen molar-refractivity contribution in [1.82, 2.24) is 4.31 Å². The van der Waals surface area contributed by atoms with Crippen LogP contribution in [0.15, 0.2) is 29.2 Å². The Balaban J connectivity index is 2.18. The minimum absolute atomic E-state index is 0.0128. The molecule has 1 heterocycles. The molecule has 0 saturated carbocycles. The van der Waals surface area contributed by atoms with Crippen molar-refractivity contribution in [3.63, 3.8) is 0 Å². The van der Waals surface area contributed by atoms with E-state index < -0.39 is 16.0 Å². The molecule has 0 atom stereocenters. The second-order valence-corrected chi connectivity index (χ2v) is 6.50. The van der Waals surface area contributed by atoms with Gasteiger partial charge in [-0.05, 0) is 24.1 Å². The molecule has 1 aliphatic rings. The van der Waals surface area contributed by atoms with Gasteiger partial charge < -0.3 is 9.84 Å². The van der Waals surface area contributed by atoms with Gasteiger partial charge in [0.2, 0.25) is 10.0 Å². The second-order valence-electron chi connectivity index (χ2n) is 4.56. The summed E-state index contributed by atoms with van der Waals surface area (Å²) in [6.45, 7) is 1.50. The summed E-state index contributed by atoms with van der Waals surface area (Å²) in [5.41, 5.74) is 0.710. The molecule has 1 aromatic rings. The number of carboxylic acids is 1. The maximum Gasteiger partial charge on any atom is 0.303 e. The smallest absolute Gasteiger partial charge is 0.303 e. The van der Waals surface area contributed by atoms with Crippen LogP contribution in [0.4, 0.5) is 0 Å². The molecule has 1 N–H and O–H groups in total. The molecule has 0 aliphatic carbocycles. The third kappa shape index (κ3) is 3.56. The molecule has 1 aliphatic heterocycles. The first kappa shape index (κ1) is 15.0. The first-order valence-electron chi connectivity index (χ1n) is 6.39. The Labute approximate surface area is 118 Å². The molecule has 1 aromatic carbocycles. The first-order valence-corrected chi connectivity index (χ1v) is 7.83. The quantitative estimate of drug-likeness (QED) is 0.866. The van der Waals surface area contributed by atoms with E-state index in [1.807, 2.05) is 0 Å². The third-order valence-electron chi connectivity index (χ3n) is 3.13. The summed E-state index contributed by atoms with van der Waals surface area (Å²) < 4.78 is 31.4. The molecule has 20 heavy (non-hydrogen) atoms. The number of aliphatic carboxylic acids is 1. The van der Waals surface area contributed by atoms with Crippen LogP contribution in [0, 0.1) is 0 Å². The van der Waals surface area contributed by atoms with Gasteiger partial charge in [-0.15, -0.1) is 0 Å². The summed E-state index contributed by atoms with van der Waals surface area (Å²) in [4.78, 5) is 10.8. The lowest BCUT2D eigenvalue weighted by atomic mass is 10.1. The van der Waals surface area contributed by atoms with Crippen molar-refractivity contribution in [2.24, 2.45) is 0 Å². The maximum atomic E-state index is 12.4. The predicted molar refractivity (Wildman–Crippen MR) is 72.0 cm³/mol. The van der Waals surface area contributed by atoms with Crippen molar-refractivity contribution >= 4 is 16.0 Å². The molecule has 1 fully saturated rings. The summed E-state index contributed by atoms with van der Waals surface area (Å²) in [5.74, 6) is -0.897. The van der Waals surface area contributed by atoms with Gasteiger partial charge in [0.15, 0.2) is 0 Å². The molecule has 0 bridgehead atoms. The zero-order valence-electron chi connectivity index (χ0n) is 11.0. The Hall–Kier alpha value is -1.44. The van der Waals surface area contributed by atoms with Crippen LogP contribution in [0.1, 0.15) is 12.0 Å². The predicted octanol–water partition coefficient (Wildman–Crippen LogP) is 0.725. The fraction of sp³-hybridized carbons (Fsp3) is 0.462. The second kappa shape index (κ2) is 6.34.